The molecule has 0 saturated heterocycles. The lowest BCUT2D eigenvalue weighted by atomic mass is 10.3. The van der Waals surface area contributed by atoms with E-state index in [4.69, 9.17) is 21.9 Å². The average Bonchev–Trinajstić information content (AvgIpc) is 2.89. The van der Waals surface area contributed by atoms with Crippen molar-refractivity contribution in [1.82, 2.24) is 20.1 Å². The predicted octanol–water partition coefficient (Wildman–Crippen LogP) is 2.43. The predicted molar refractivity (Wildman–Crippen MR) is 70.2 cm³/mol. The summed E-state index contributed by atoms with van der Waals surface area (Å²) in [6.07, 6.45) is 1.52. The highest BCUT2D eigenvalue weighted by molar-refractivity contribution is 6.30. The summed E-state index contributed by atoms with van der Waals surface area (Å²) >= 11 is 5.77. The summed E-state index contributed by atoms with van der Waals surface area (Å²) < 4.78 is 5.14. The number of nitrogen functional groups attached to an aromatic ring is 1. The van der Waals surface area contributed by atoms with Gasteiger partial charge in [0.1, 0.15) is 17.2 Å². The third-order valence-electron chi connectivity index (χ3n) is 2.37. The number of anilines is 1. The van der Waals surface area contributed by atoms with E-state index in [1.165, 1.54) is 6.20 Å². The van der Waals surface area contributed by atoms with Gasteiger partial charge in [0, 0.05) is 6.20 Å². The van der Waals surface area contributed by atoms with Gasteiger partial charge in [-0.15, -0.1) is 0 Å². The van der Waals surface area contributed by atoms with Crippen molar-refractivity contribution in [2.75, 3.05) is 5.73 Å². The van der Waals surface area contributed by atoms with Crippen molar-refractivity contribution in [3.05, 3.63) is 41.6 Å². The van der Waals surface area contributed by atoms with Crippen molar-refractivity contribution in [3.63, 3.8) is 0 Å². The lowest BCUT2D eigenvalue weighted by molar-refractivity contribution is 0.431. The zero-order valence-electron chi connectivity index (χ0n) is 9.62. The number of aromatic nitrogens is 4. The van der Waals surface area contributed by atoms with Crippen molar-refractivity contribution in [3.8, 4) is 23.1 Å². The Morgan fingerprint density at radius 1 is 1.05 bits per heavy atom. The second kappa shape index (κ2) is 4.66. The molecule has 0 bridgehead atoms. The van der Waals surface area contributed by atoms with Gasteiger partial charge in [-0.2, -0.15) is 4.98 Å². The maximum Gasteiger partial charge on any atom is 0.276 e. The van der Waals surface area contributed by atoms with Crippen molar-refractivity contribution < 1.29 is 4.52 Å². The van der Waals surface area contributed by atoms with Crippen LogP contribution >= 0.6 is 11.6 Å². The Morgan fingerprint density at radius 2 is 1.95 bits per heavy atom. The molecule has 2 N–H and O–H groups in total. The first kappa shape index (κ1) is 11.6. The third-order valence-corrected chi connectivity index (χ3v) is 2.60. The maximum atomic E-state index is 5.77. The molecule has 0 radical (unpaired) electrons. The monoisotopic (exact) mass is 273 g/mol. The molecule has 0 spiro atoms. The first-order valence-corrected chi connectivity index (χ1v) is 5.79. The fourth-order valence-electron chi connectivity index (χ4n) is 1.51. The second-order valence-corrected chi connectivity index (χ2v) is 4.17. The summed E-state index contributed by atoms with van der Waals surface area (Å²) in [4.78, 5) is 12.4. The van der Waals surface area contributed by atoms with Gasteiger partial charge in [0.05, 0.1) is 5.02 Å². The van der Waals surface area contributed by atoms with Crippen molar-refractivity contribution >= 4 is 17.4 Å². The van der Waals surface area contributed by atoms with Gasteiger partial charge in [-0.05, 0) is 24.3 Å². The summed E-state index contributed by atoms with van der Waals surface area (Å²) in [7, 11) is 0. The van der Waals surface area contributed by atoms with Crippen LogP contribution in [0.2, 0.25) is 5.02 Å². The Labute approximate surface area is 113 Å². The minimum atomic E-state index is 0.291. The molecule has 0 saturated carbocycles. The van der Waals surface area contributed by atoms with E-state index in [1.807, 2.05) is 0 Å². The Balaban J connectivity index is 1.97. The highest BCUT2D eigenvalue weighted by Gasteiger charge is 2.12. The van der Waals surface area contributed by atoms with E-state index in [1.54, 1.807) is 30.3 Å². The number of pyridine rings is 2. The smallest absolute Gasteiger partial charge is 0.276 e. The van der Waals surface area contributed by atoms with E-state index in [2.05, 4.69) is 20.1 Å². The number of nitrogens with zero attached hydrogens (tertiary/aromatic N) is 4. The maximum absolute atomic E-state index is 5.77. The van der Waals surface area contributed by atoms with E-state index in [-0.39, 0.29) is 0 Å². The number of rotatable bonds is 2. The molecule has 6 nitrogen and oxygen atoms in total. The van der Waals surface area contributed by atoms with Gasteiger partial charge in [-0.25, -0.2) is 4.98 Å². The number of halogens is 1. The van der Waals surface area contributed by atoms with Crippen molar-refractivity contribution in [2.24, 2.45) is 0 Å². The van der Waals surface area contributed by atoms with Crippen molar-refractivity contribution in [2.45, 2.75) is 0 Å². The van der Waals surface area contributed by atoms with Crippen LogP contribution < -0.4 is 5.73 Å². The zero-order valence-corrected chi connectivity index (χ0v) is 10.4. The molecular formula is C12H8ClN5O. The van der Waals surface area contributed by atoms with Crippen molar-refractivity contribution in [1.29, 1.82) is 0 Å². The fraction of sp³-hybridized carbons (Fsp3) is 0. The quantitative estimate of drug-likeness (QED) is 0.771. The van der Waals surface area contributed by atoms with Gasteiger partial charge < -0.3 is 10.3 Å². The van der Waals surface area contributed by atoms with Crippen LogP contribution in [0.4, 0.5) is 5.82 Å². The van der Waals surface area contributed by atoms with Gasteiger partial charge in [-0.1, -0.05) is 22.8 Å². The van der Waals surface area contributed by atoms with Gasteiger partial charge in [0.25, 0.3) is 5.89 Å². The molecule has 3 heterocycles. The molecule has 0 atom stereocenters. The Bertz CT molecular complexity index is 710. The second-order valence-electron chi connectivity index (χ2n) is 3.73. The molecule has 0 aliphatic heterocycles. The van der Waals surface area contributed by atoms with E-state index < -0.39 is 0 Å². The van der Waals surface area contributed by atoms with E-state index in [9.17, 15) is 0 Å². The molecule has 3 aromatic heterocycles. The molecule has 0 fully saturated rings. The molecule has 7 heteroatoms. The molecule has 0 aliphatic rings. The molecule has 0 aliphatic carbocycles. The highest BCUT2D eigenvalue weighted by Crippen LogP contribution is 2.20. The van der Waals surface area contributed by atoms with Crippen LogP contribution in [0.25, 0.3) is 23.1 Å². The molecule has 19 heavy (non-hydrogen) atoms. The van der Waals surface area contributed by atoms with Crippen LogP contribution in [0.5, 0.6) is 0 Å². The number of nitrogens with two attached hydrogens (primary N) is 1. The number of hydrogen-bond acceptors (Lipinski definition) is 6. The normalized spacial score (nSPS) is 10.6. The standard InChI is InChI=1S/C12H8ClN5O/c13-7-4-5-8(15-6-7)11-17-12(19-18-11)9-2-1-3-10(14)16-9/h1-6H,(H2,14,16). The van der Waals surface area contributed by atoms with Crippen LogP contribution in [0.3, 0.4) is 0 Å². The minimum absolute atomic E-state index is 0.291. The lowest BCUT2D eigenvalue weighted by Gasteiger charge is -1.94. The summed E-state index contributed by atoms with van der Waals surface area (Å²) in [5.74, 6) is 1.05. The largest absolute Gasteiger partial charge is 0.384 e. The highest BCUT2D eigenvalue weighted by atomic mass is 35.5. The molecule has 3 rings (SSSR count). The molecule has 0 aromatic carbocycles. The Morgan fingerprint density at radius 3 is 2.68 bits per heavy atom. The van der Waals surface area contributed by atoms with E-state index in [0.717, 1.165) is 0 Å². The van der Waals surface area contributed by atoms with Crippen LogP contribution in [-0.4, -0.2) is 20.1 Å². The minimum Gasteiger partial charge on any atom is -0.384 e. The SMILES string of the molecule is Nc1cccc(-c2nc(-c3ccc(Cl)cn3)no2)n1. The summed E-state index contributed by atoms with van der Waals surface area (Å²) in [5.41, 5.74) is 6.70. The lowest BCUT2D eigenvalue weighted by Crippen LogP contribution is -1.91. The first-order valence-electron chi connectivity index (χ1n) is 5.41. The summed E-state index contributed by atoms with van der Waals surface area (Å²) in [6, 6.07) is 8.61. The molecular weight excluding hydrogens is 266 g/mol. The van der Waals surface area contributed by atoms with Crippen LogP contribution in [0.1, 0.15) is 0 Å². The molecule has 0 amide bonds. The van der Waals surface area contributed by atoms with Gasteiger partial charge in [0.2, 0.25) is 5.82 Å². The molecule has 94 valence electrons. The average molecular weight is 274 g/mol. The summed E-state index contributed by atoms with van der Waals surface area (Å²) in [5, 5.41) is 4.40. The summed E-state index contributed by atoms with van der Waals surface area (Å²) in [6.45, 7) is 0. The number of hydrogen-bond donors (Lipinski definition) is 1. The van der Waals surface area contributed by atoms with Gasteiger partial charge in [0.15, 0.2) is 0 Å². The van der Waals surface area contributed by atoms with Gasteiger partial charge >= 0.3 is 0 Å². The van der Waals surface area contributed by atoms with E-state index >= 15 is 0 Å². The third kappa shape index (κ3) is 2.38. The van der Waals surface area contributed by atoms with E-state index in [0.29, 0.717) is 33.9 Å². The topological polar surface area (TPSA) is 90.7 Å². The fourth-order valence-corrected chi connectivity index (χ4v) is 1.62. The molecule has 0 unspecified atom stereocenters. The Hall–Kier alpha value is -2.47. The zero-order chi connectivity index (χ0) is 13.2. The van der Waals surface area contributed by atoms with Crippen LogP contribution in [0, 0.1) is 0 Å². The van der Waals surface area contributed by atoms with Gasteiger partial charge in [-0.3, -0.25) is 4.98 Å². The van der Waals surface area contributed by atoms with Crippen LogP contribution in [0.15, 0.2) is 41.1 Å². The van der Waals surface area contributed by atoms with Crippen LogP contribution in [-0.2, 0) is 0 Å². The first-order chi connectivity index (χ1) is 9.22. The Kier molecular flexibility index (Phi) is 2.85. The molecule has 3 aromatic rings.